The van der Waals surface area contributed by atoms with Gasteiger partial charge in [-0.05, 0) is 40.4 Å². The molecule has 0 unspecified atom stereocenters. The minimum atomic E-state index is -0.579. The van der Waals surface area contributed by atoms with Crippen molar-refractivity contribution in [3.63, 3.8) is 0 Å². The molecule has 0 amide bonds. The zero-order valence-electron chi connectivity index (χ0n) is 10.3. The minimum absolute atomic E-state index is 0.00240. The number of benzene rings is 2. The molecule has 0 aliphatic carbocycles. The first-order chi connectivity index (χ1) is 9.56. The lowest BCUT2D eigenvalue weighted by Crippen LogP contribution is -1.92. The van der Waals surface area contributed by atoms with Gasteiger partial charge < -0.3 is 4.74 Å². The van der Waals surface area contributed by atoms with Crippen molar-refractivity contribution in [2.75, 3.05) is 6.26 Å². The fourth-order valence-corrected chi connectivity index (χ4v) is 2.86. The fourth-order valence-electron chi connectivity index (χ4n) is 1.58. The second-order valence-corrected chi connectivity index (χ2v) is 5.85. The summed E-state index contributed by atoms with van der Waals surface area (Å²) in [5, 5.41) is 9.23. The van der Waals surface area contributed by atoms with Crippen LogP contribution in [-0.2, 0) is 0 Å². The number of rotatable bonds is 3. The third kappa shape index (κ3) is 3.09. The lowest BCUT2D eigenvalue weighted by Gasteiger charge is -2.11. The standard InChI is InChI=1S/C14H8BrClFNOS/c1-20-14-4-2-3-12(8(14)7-18)19-13-6-11(17)10(16)5-9(13)15/h2-6H,1H3. The predicted molar refractivity (Wildman–Crippen MR) is 82.1 cm³/mol. The first-order valence-electron chi connectivity index (χ1n) is 5.46. The molecule has 0 saturated heterocycles. The van der Waals surface area contributed by atoms with Crippen molar-refractivity contribution in [2.45, 2.75) is 4.90 Å². The van der Waals surface area contributed by atoms with Crippen LogP contribution in [-0.4, -0.2) is 6.26 Å². The Morgan fingerprint density at radius 1 is 1.35 bits per heavy atom. The predicted octanol–water partition coefficient (Wildman–Crippen LogP) is 5.63. The summed E-state index contributed by atoms with van der Waals surface area (Å²) in [7, 11) is 0. The second kappa shape index (κ2) is 6.49. The van der Waals surface area contributed by atoms with Crippen LogP contribution in [0, 0.1) is 17.1 Å². The van der Waals surface area contributed by atoms with Crippen LogP contribution >= 0.6 is 39.3 Å². The normalized spacial score (nSPS) is 10.2. The van der Waals surface area contributed by atoms with Gasteiger partial charge in [0, 0.05) is 11.0 Å². The second-order valence-electron chi connectivity index (χ2n) is 3.74. The van der Waals surface area contributed by atoms with Crippen LogP contribution in [0.2, 0.25) is 5.02 Å². The molecule has 6 heteroatoms. The van der Waals surface area contributed by atoms with E-state index in [1.165, 1.54) is 23.9 Å². The highest BCUT2D eigenvalue weighted by molar-refractivity contribution is 9.10. The Bertz CT molecular complexity index is 702. The van der Waals surface area contributed by atoms with Crippen LogP contribution in [0.1, 0.15) is 5.56 Å². The first-order valence-corrected chi connectivity index (χ1v) is 7.86. The summed E-state index contributed by atoms with van der Waals surface area (Å²) in [5.74, 6) is 0.0628. The van der Waals surface area contributed by atoms with Crippen molar-refractivity contribution < 1.29 is 9.13 Å². The first kappa shape index (κ1) is 15.2. The number of ether oxygens (including phenoxy) is 1. The van der Waals surface area contributed by atoms with Gasteiger partial charge in [-0.1, -0.05) is 17.7 Å². The highest BCUT2D eigenvalue weighted by atomic mass is 79.9. The average Bonchev–Trinajstić information content (AvgIpc) is 2.44. The molecule has 2 aromatic rings. The van der Waals surface area contributed by atoms with Crippen LogP contribution in [0.25, 0.3) is 0 Å². The maximum Gasteiger partial charge on any atom is 0.146 e. The number of hydrogen-bond acceptors (Lipinski definition) is 3. The Balaban J connectivity index is 2.46. The molecule has 0 saturated carbocycles. The lowest BCUT2D eigenvalue weighted by atomic mass is 10.2. The van der Waals surface area contributed by atoms with Gasteiger partial charge in [0.1, 0.15) is 28.9 Å². The molecule has 0 bridgehead atoms. The molecule has 0 radical (unpaired) electrons. The van der Waals surface area contributed by atoms with E-state index in [1.807, 2.05) is 12.3 Å². The van der Waals surface area contributed by atoms with E-state index in [9.17, 15) is 9.65 Å². The highest BCUT2D eigenvalue weighted by Gasteiger charge is 2.13. The number of nitrogens with zero attached hydrogens (tertiary/aromatic N) is 1. The molecule has 2 aromatic carbocycles. The van der Waals surface area contributed by atoms with Crippen molar-refractivity contribution in [1.29, 1.82) is 5.26 Å². The third-order valence-electron chi connectivity index (χ3n) is 2.51. The maximum absolute atomic E-state index is 13.5. The molecular weight excluding hydrogens is 365 g/mol. The van der Waals surface area contributed by atoms with Gasteiger partial charge in [0.15, 0.2) is 0 Å². The Morgan fingerprint density at radius 3 is 2.75 bits per heavy atom. The summed E-state index contributed by atoms with van der Waals surface area (Å²) < 4.78 is 19.6. The van der Waals surface area contributed by atoms with Gasteiger partial charge in [0.2, 0.25) is 0 Å². The van der Waals surface area contributed by atoms with Gasteiger partial charge in [-0.3, -0.25) is 0 Å². The number of thioether (sulfide) groups is 1. The van der Waals surface area contributed by atoms with Gasteiger partial charge in [0.25, 0.3) is 0 Å². The monoisotopic (exact) mass is 371 g/mol. The van der Waals surface area contributed by atoms with E-state index in [0.29, 0.717) is 15.8 Å². The van der Waals surface area contributed by atoms with E-state index in [-0.39, 0.29) is 10.8 Å². The molecule has 2 nitrogen and oxygen atoms in total. The molecule has 0 heterocycles. The van der Waals surface area contributed by atoms with E-state index in [0.717, 1.165) is 4.90 Å². The molecule has 20 heavy (non-hydrogen) atoms. The van der Waals surface area contributed by atoms with Crippen LogP contribution in [0.3, 0.4) is 0 Å². The van der Waals surface area contributed by atoms with E-state index in [2.05, 4.69) is 22.0 Å². The SMILES string of the molecule is CSc1cccc(Oc2cc(F)c(Cl)cc2Br)c1C#N. The van der Waals surface area contributed by atoms with Crippen LogP contribution in [0.15, 0.2) is 39.7 Å². The molecule has 0 N–H and O–H groups in total. The third-order valence-corrected chi connectivity index (χ3v) is 4.20. The lowest BCUT2D eigenvalue weighted by molar-refractivity contribution is 0.471. The van der Waals surface area contributed by atoms with E-state index < -0.39 is 5.82 Å². The molecule has 102 valence electrons. The van der Waals surface area contributed by atoms with Gasteiger partial charge in [-0.15, -0.1) is 11.8 Å². The molecule has 0 spiro atoms. The number of nitriles is 1. The van der Waals surface area contributed by atoms with Crippen molar-refractivity contribution in [3.05, 3.63) is 51.2 Å². The molecule has 0 aliphatic rings. The largest absolute Gasteiger partial charge is 0.455 e. The van der Waals surface area contributed by atoms with E-state index in [1.54, 1.807) is 12.1 Å². The van der Waals surface area contributed by atoms with Gasteiger partial charge in [0.05, 0.1) is 9.50 Å². The summed E-state index contributed by atoms with van der Waals surface area (Å²) in [6, 6.07) is 9.96. The fraction of sp³-hybridized carbons (Fsp3) is 0.0714. The van der Waals surface area contributed by atoms with Gasteiger partial charge in [-0.2, -0.15) is 5.26 Å². The summed E-state index contributed by atoms with van der Waals surface area (Å²) >= 11 is 10.4. The zero-order chi connectivity index (χ0) is 14.7. The van der Waals surface area contributed by atoms with E-state index >= 15 is 0 Å². The smallest absolute Gasteiger partial charge is 0.146 e. The summed E-state index contributed by atoms with van der Waals surface area (Å²) in [6.07, 6.45) is 1.87. The summed E-state index contributed by atoms with van der Waals surface area (Å²) in [5.41, 5.74) is 0.419. The van der Waals surface area contributed by atoms with Crippen LogP contribution < -0.4 is 4.74 Å². The summed E-state index contributed by atoms with van der Waals surface area (Å²) in [4.78, 5) is 0.801. The zero-order valence-corrected chi connectivity index (χ0v) is 13.4. The Morgan fingerprint density at radius 2 is 2.10 bits per heavy atom. The van der Waals surface area contributed by atoms with Crippen LogP contribution in [0.5, 0.6) is 11.5 Å². The topological polar surface area (TPSA) is 33.0 Å². The van der Waals surface area contributed by atoms with Crippen molar-refractivity contribution >= 4 is 39.3 Å². The van der Waals surface area contributed by atoms with E-state index in [4.69, 9.17) is 16.3 Å². The van der Waals surface area contributed by atoms with Gasteiger partial charge >= 0.3 is 0 Å². The summed E-state index contributed by atoms with van der Waals surface area (Å²) in [6.45, 7) is 0. The highest BCUT2D eigenvalue weighted by Crippen LogP contribution is 2.36. The molecule has 2 rings (SSSR count). The maximum atomic E-state index is 13.5. The number of halogens is 3. The molecule has 0 aromatic heterocycles. The van der Waals surface area contributed by atoms with Gasteiger partial charge in [-0.25, -0.2) is 4.39 Å². The molecule has 0 atom stereocenters. The molecule has 0 aliphatic heterocycles. The Kier molecular flexibility index (Phi) is 4.92. The minimum Gasteiger partial charge on any atom is -0.455 e. The van der Waals surface area contributed by atoms with Crippen molar-refractivity contribution in [3.8, 4) is 17.6 Å². The Labute approximate surface area is 133 Å². The van der Waals surface area contributed by atoms with Crippen LogP contribution in [0.4, 0.5) is 4.39 Å². The quantitative estimate of drug-likeness (QED) is 0.517. The van der Waals surface area contributed by atoms with Crippen molar-refractivity contribution in [1.82, 2.24) is 0 Å². The average molecular weight is 373 g/mol. The Hall–Kier alpha value is -1.22. The molecule has 0 fully saturated rings. The number of hydrogen-bond donors (Lipinski definition) is 0. The molecular formula is C14H8BrClFNOS. The van der Waals surface area contributed by atoms with Crippen molar-refractivity contribution in [2.24, 2.45) is 0 Å².